The lowest BCUT2D eigenvalue weighted by Gasteiger charge is -2.50. The van der Waals surface area contributed by atoms with E-state index in [-0.39, 0.29) is 37.9 Å². The molecule has 3 heterocycles. The van der Waals surface area contributed by atoms with E-state index in [1.165, 1.54) is 14.0 Å². The SMILES string of the molecule is CCC(=O)O[C@@H]1CC(=O)O[C@@H](C/C=C/c2ccc(O)cc2)CCCN(C)C[C@H](O)[C@H](C)C[C@H](CC=O)[C@H](O[C@@H]2OC(C)[C@@H](O[C@H]3CC(C)(OC(C)=O)[C@@H](OC(=O)CC)C(C)O3)C(N(C)C)C2O)[C@H]1OC. The molecule has 3 aliphatic rings. The van der Waals surface area contributed by atoms with Crippen molar-refractivity contribution in [2.75, 3.05) is 41.3 Å². The van der Waals surface area contributed by atoms with E-state index in [0.717, 1.165) is 11.8 Å². The molecular weight excluding hydrogens is 913 g/mol. The molecule has 4 rings (SSSR count). The summed E-state index contributed by atoms with van der Waals surface area (Å²) in [5, 5.41) is 33.6. The van der Waals surface area contributed by atoms with Gasteiger partial charge in [0, 0.05) is 52.7 Å². The third kappa shape index (κ3) is 16.8. The maximum Gasteiger partial charge on any atom is 0.309 e. The van der Waals surface area contributed by atoms with E-state index in [9.17, 15) is 39.3 Å². The van der Waals surface area contributed by atoms with Crippen molar-refractivity contribution in [3.63, 3.8) is 0 Å². The van der Waals surface area contributed by atoms with Crippen molar-refractivity contribution in [1.82, 2.24) is 9.80 Å². The highest BCUT2D eigenvalue weighted by Gasteiger charge is 2.54. The van der Waals surface area contributed by atoms with Gasteiger partial charge in [-0.1, -0.05) is 45.1 Å². The van der Waals surface area contributed by atoms with Gasteiger partial charge >= 0.3 is 23.9 Å². The number of β-amino-alcohol motifs (C(OH)–C–C–N with tert-alkyl or cyclic N) is 1. The monoisotopic (exact) mass is 993 g/mol. The van der Waals surface area contributed by atoms with Crippen molar-refractivity contribution in [3.05, 3.63) is 35.9 Å². The first kappa shape index (κ1) is 58.5. The number of carbonyl (C=O) groups is 5. The zero-order chi connectivity index (χ0) is 51.9. The van der Waals surface area contributed by atoms with Crippen LogP contribution in [0.3, 0.4) is 0 Å². The molecule has 0 radical (unpaired) electrons. The standard InChI is InChI=1S/C51H80N2O17/c1-12-40(58)66-39-27-42(60)65-37(17-14-16-34-19-21-36(56)22-20-34)18-15-24-53(10)29-38(57)30(3)26-35(23-25-54)47(48(39)62-11)69-50-45(61)44(52(8)9)46(31(4)64-50)68-43-28-51(7,70-33(6)55)49(32(5)63-43)67-41(59)13-2/h14,16,19-22,25,30-32,35,37-39,43-50,56-57,61H,12-13,15,17-18,23-24,26-29H2,1-11H3/b16-14+/t30-,31?,32?,35+,37+,38+,39-,43+,44?,45?,46-,47+,48+,49+,50+,51?/m1/s1. The summed E-state index contributed by atoms with van der Waals surface area (Å²) in [4.78, 5) is 68.4. The predicted octanol–water partition coefficient (Wildman–Crippen LogP) is 4.34. The highest BCUT2D eigenvalue weighted by atomic mass is 16.7. The lowest BCUT2D eigenvalue weighted by atomic mass is 9.82. The van der Waals surface area contributed by atoms with Crippen LogP contribution in [-0.4, -0.2) is 182 Å². The number of methoxy groups -OCH3 is 1. The summed E-state index contributed by atoms with van der Waals surface area (Å²) in [6, 6.07) is 5.85. The lowest BCUT2D eigenvalue weighted by molar-refractivity contribution is -0.344. The number of rotatable bonds is 16. The Morgan fingerprint density at radius 2 is 1.61 bits per heavy atom. The molecule has 3 N–H and O–H groups in total. The van der Waals surface area contributed by atoms with E-state index >= 15 is 0 Å². The zero-order valence-electron chi connectivity index (χ0n) is 42.9. The molecule has 19 nitrogen and oxygen atoms in total. The number of aromatic hydroxyl groups is 1. The predicted molar refractivity (Wildman–Crippen MR) is 255 cm³/mol. The molecule has 1 aromatic carbocycles. The molecule has 3 saturated heterocycles. The number of nitrogens with zero attached hydrogens (tertiary/aromatic N) is 2. The van der Waals surface area contributed by atoms with Crippen LogP contribution in [0.15, 0.2) is 30.3 Å². The van der Waals surface area contributed by atoms with Gasteiger partial charge in [0.15, 0.2) is 24.3 Å². The van der Waals surface area contributed by atoms with Gasteiger partial charge in [0.05, 0.1) is 36.9 Å². The second kappa shape index (κ2) is 27.7. The number of esters is 4. The van der Waals surface area contributed by atoms with E-state index < -0.39 is 127 Å². The Kier molecular flexibility index (Phi) is 23.1. The van der Waals surface area contributed by atoms with Gasteiger partial charge in [-0.15, -0.1) is 0 Å². The maximum absolute atomic E-state index is 14.1. The summed E-state index contributed by atoms with van der Waals surface area (Å²) in [7, 11) is 6.76. The third-order valence-electron chi connectivity index (χ3n) is 13.4. The minimum Gasteiger partial charge on any atom is -0.508 e. The summed E-state index contributed by atoms with van der Waals surface area (Å²) >= 11 is 0. The average molecular weight is 993 g/mol. The number of cyclic esters (lactones) is 1. The van der Waals surface area contributed by atoms with Crippen LogP contribution >= 0.6 is 0 Å². The number of likely N-dealkylation sites (N-methyl/N-ethyl adjacent to an activating group) is 2. The van der Waals surface area contributed by atoms with Crippen LogP contribution in [0.25, 0.3) is 6.08 Å². The number of ether oxygens (including phenoxy) is 9. The zero-order valence-corrected chi connectivity index (χ0v) is 42.9. The first-order valence-corrected chi connectivity index (χ1v) is 24.7. The molecule has 16 atom stereocenters. The molecule has 19 heteroatoms. The number of hydrogen-bond donors (Lipinski definition) is 3. The fourth-order valence-electron chi connectivity index (χ4n) is 9.79. The van der Waals surface area contributed by atoms with Crippen molar-refractivity contribution in [2.45, 2.75) is 192 Å². The quantitative estimate of drug-likeness (QED) is 0.119. The summed E-state index contributed by atoms with van der Waals surface area (Å²) < 4.78 is 55.9. The van der Waals surface area contributed by atoms with Crippen LogP contribution < -0.4 is 0 Å². The fraction of sp³-hybridized carbons (Fsp3) is 0.745. The van der Waals surface area contributed by atoms with Crippen LogP contribution in [0.5, 0.6) is 5.75 Å². The van der Waals surface area contributed by atoms with Crippen molar-refractivity contribution in [1.29, 1.82) is 0 Å². The first-order chi connectivity index (χ1) is 33.1. The van der Waals surface area contributed by atoms with Gasteiger partial charge < -0.3 is 72.5 Å². The van der Waals surface area contributed by atoms with Crippen LogP contribution in [0, 0.1) is 11.8 Å². The van der Waals surface area contributed by atoms with Gasteiger partial charge in [0.2, 0.25) is 0 Å². The Morgan fingerprint density at radius 3 is 2.23 bits per heavy atom. The number of aldehydes is 1. The van der Waals surface area contributed by atoms with Crippen molar-refractivity contribution >= 4 is 36.2 Å². The molecule has 70 heavy (non-hydrogen) atoms. The normalized spacial score (nSPS) is 35.5. The van der Waals surface area contributed by atoms with Crippen LogP contribution in [0.2, 0.25) is 0 Å². The van der Waals surface area contributed by atoms with Gasteiger partial charge in [-0.3, -0.25) is 19.2 Å². The van der Waals surface area contributed by atoms with E-state index in [1.54, 1.807) is 77.9 Å². The van der Waals surface area contributed by atoms with Crippen LogP contribution in [0.1, 0.15) is 112 Å². The Labute approximate surface area is 413 Å². The van der Waals surface area contributed by atoms with Crippen LogP contribution in [-0.2, 0) is 66.6 Å². The summed E-state index contributed by atoms with van der Waals surface area (Å²) in [5.74, 6) is -3.36. The molecular formula is C51H80N2O17. The maximum atomic E-state index is 14.1. The van der Waals surface area contributed by atoms with E-state index in [2.05, 4.69) is 0 Å². The molecule has 0 bridgehead atoms. The Morgan fingerprint density at radius 1 is 0.943 bits per heavy atom. The van der Waals surface area contributed by atoms with Crippen molar-refractivity contribution in [2.24, 2.45) is 11.8 Å². The number of carbonyl (C=O) groups excluding carboxylic acids is 5. The number of phenols is 1. The van der Waals surface area contributed by atoms with Gasteiger partial charge in [-0.25, -0.2) is 0 Å². The summed E-state index contributed by atoms with van der Waals surface area (Å²) in [5.41, 5.74) is -0.491. The van der Waals surface area contributed by atoms with Gasteiger partial charge in [-0.05, 0) is 97.3 Å². The summed E-state index contributed by atoms with van der Waals surface area (Å²) in [6.07, 6.45) is -6.73. The fourth-order valence-corrected chi connectivity index (χ4v) is 9.79. The molecule has 0 spiro atoms. The largest absolute Gasteiger partial charge is 0.508 e. The molecule has 5 unspecified atom stereocenters. The second-order valence-corrected chi connectivity index (χ2v) is 19.5. The molecule has 1 aromatic rings. The lowest BCUT2D eigenvalue weighted by Crippen LogP contribution is -2.66. The van der Waals surface area contributed by atoms with E-state index in [0.29, 0.717) is 32.4 Å². The van der Waals surface area contributed by atoms with Crippen LogP contribution in [0.4, 0.5) is 0 Å². The number of benzene rings is 1. The smallest absolute Gasteiger partial charge is 0.309 e. The highest BCUT2D eigenvalue weighted by molar-refractivity contribution is 5.73. The molecule has 0 saturated carbocycles. The molecule has 3 aliphatic heterocycles. The van der Waals surface area contributed by atoms with E-state index in [4.69, 9.17) is 42.6 Å². The minimum atomic E-state index is -1.45. The number of aliphatic hydroxyl groups is 2. The third-order valence-corrected chi connectivity index (χ3v) is 13.4. The second-order valence-electron chi connectivity index (χ2n) is 19.5. The van der Waals surface area contributed by atoms with Gasteiger partial charge in [0.25, 0.3) is 0 Å². The average Bonchev–Trinajstić information content (AvgIpc) is 3.28. The van der Waals surface area contributed by atoms with E-state index in [1.807, 2.05) is 31.0 Å². The molecule has 3 fully saturated rings. The minimum absolute atomic E-state index is 0.0275. The van der Waals surface area contributed by atoms with Crippen molar-refractivity contribution < 1.29 is 81.9 Å². The summed E-state index contributed by atoms with van der Waals surface area (Å²) in [6.45, 7) is 12.4. The number of hydrogen-bond acceptors (Lipinski definition) is 19. The van der Waals surface area contributed by atoms with Gasteiger partial charge in [-0.2, -0.15) is 0 Å². The molecule has 0 amide bonds. The molecule has 0 aliphatic carbocycles. The van der Waals surface area contributed by atoms with Crippen molar-refractivity contribution in [3.8, 4) is 5.75 Å². The molecule has 396 valence electrons. The Balaban J connectivity index is 1.70. The topological polar surface area (TPSA) is 236 Å². The number of phenolic OH excluding ortho intramolecular Hbond substituents is 1. The highest BCUT2D eigenvalue weighted by Crippen LogP contribution is 2.39. The van der Waals surface area contributed by atoms with Gasteiger partial charge in [0.1, 0.15) is 42.6 Å². The molecule has 0 aromatic heterocycles. The Bertz CT molecular complexity index is 1850. The number of aliphatic hydroxyl groups excluding tert-OH is 2. The first-order valence-electron chi connectivity index (χ1n) is 24.7. The Hall–Kier alpha value is -4.05.